The second-order valence-electron chi connectivity index (χ2n) is 6.21. The molecule has 0 aliphatic carbocycles. The number of anilines is 1. The Labute approximate surface area is 127 Å². The zero-order valence-corrected chi connectivity index (χ0v) is 13.8. The van der Waals surface area contributed by atoms with E-state index in [1.54, 1.807) is 0 Å². The minimum Gasteiger partial charge on any atom is -0.368 e. The summed E-state index contributed by atoms with van der Waals surface area (Å²) in [7, 11) is 2.20. The number of nitrogens with zero attached hydrogens (tertiary/aromatic N) is 2. The maximum Gasteiger partial charge on any atom is 0.0471 e. The van der Waals surface area contributed by atoms with E-state index in [2.05, 4.69) is 61.1 Å². The van der Waals surface area contributed by atoms with Crippen molar-refractivity contribution >= 4 is 17.3 Å². The highest BCUT2D eigenvalue weighted by Crippen LogP contribution is 2.28. The Kier molecular flexibility index (Phi) is 4.95. The predicted molar refractivity (Wildman–Crippen MR) is 87.8 cm³/mol. The van der Waals surface area contributed by atoms with E-state index >= 15 is 0 Å². The average Bonchev–Trinajstić information content (AvgIpc) is 2.40. The van der Waals surface area contributed by atoms with Crippen LogP contribution in [0.3, 0.4) is 0 Å². The quantitative estimate of drug-likeness (QED) is 0.921. The van der Waals surface area contributed by atoms with Gasteiger partial charge in [0.2, 0.25) is 0 Å². The minimum atomic E-state index is 0.202. The van der Waals surface area contributed by atoms with Gasteiger partial charge >= 0.3 is 0 Å². The Morgan fingerprint density at radius 2 is 2.05 bits per heavy atom. The molecule has 0 unspecified atom stereocenters. The molecule has 112 valence electrons. The molecule has 1 N–H and O–H groups in total. The van der Waals surface area contributed by atoms with E-state index in [9.17, 15) is 0 Å². The second kappa shape index (κ2) is 6.33. The molecule has 0 bridgehead atoms. The van der Waals surface area contributed by atoms with Gasteiger partial charge in [-0.15, -0.1) is 0 Å². The molecule has 4 heteroatoms. The number of rotatable bonds is 4. The molecule has 1 fully saturated rings. The van der Waals surface area contributed by atoms with Crippen LogP contribution in [0.2, 0.25) is 5.02 Å². The predicted octanol–water partition coefficient (Wildman–Crippen LogP) is 2.98. The van der Waals surface area contributed by atoms with Gasteiger partial charge in [0.15, 0.2) is 0 Å². The van der Waals surface area contributed by atoms with Crippen molar-refractivity contribution in [2.75, 3.05) is 38.1 Å². The van der Waals surface area contributed by atoms with Gasteiger partial charge in [-0.1, -0.05) is 24.6 Å². The van der Waals surface area contributed by atoms with Gasteiger partial charge in [0.25, 0.3) is 0 Å². The summed E-state index contributed by atoms with van der Waals surface area (Å²) in [6, 6.07) is 6.45. The molecule has 1 aliphatic heterocycles. The summed E-state index contributed by atoms with van der Waals surface area (Å²) in [5.41, 5.74) is 2.61. The number of hydrogen-bond acceptors (Lipinski definition) is 3. The third-order valence-corrected chi connectivity index (χ3v) is 4.64. The zero-order valence-electron chi connectivity index (χ0n) is 13.0. The Morgan fingerprint density at radius 1 is 1.30 bits per heavy atom. The fourth-order valence-corrected chi connectivity index (χ4v) is 2.84. The third kappa shape index (κ3) is 3.46. The molecule has 0 radical (unpaired) electrons. The van der Waals surface area contributed by atoms with Crippen molar-refractivity contribution in [1.82, 2.24) is 10.2 Å². The molecular formula is C16H26ClN3. The first-order chi connectivity index (χ1) is 9.44. The van der Waals surface area contributed by atoms with Gasteiger partial charge in [-0.2, -0.15) is 0 Å². The van der Waals surface area contributed by atoms with Gasteiger partial charge in [-0.25, -0.2) is 0 Å². The van der Waals surface area contributed by atoms with E-state index in [0.29, 0.717) is 0 Å². The summed E-state index contributed by atoms with van der Waals surface area (Å²) in [5, 5.41) is 4.18. The Morgan fingerprint density at radius 3 is 2.65 bits per heavy atom. The Hall–Kier alpha value is -0.770. The van der Waals surface area contributed by atoms with Gasteiger partial charge in [0.1, 0.15) is 0 Å². The summed E-state index contributed by atoms with van der Waals surface area (Å²) < 4.78 is 0. The fourth-order valence-electron chi connectivity index (χ4n) is 2.60. The largest absolute Gasteiger partial charge is 0.368 e. The van der Waals surface area contributed by atoms with Crippen molar-refractivity contribution in [3.05, 3.63) is 28.8 Å². The van der Waals surface area contributed by atoms with Crippen LogP contribution in [0.15, 0.2) is 18.2 Å². The number of halogens is 1. The highest BCUT2D eigenvalue weighted by Gasteiger charge is 2.31. The molecule has 1 heterocycles. The van der Waals surface area contributed by atoms with Crippen molar-refractivity contribution in [1.29, 1.82) is 0 Å². The highest BCUT2D eigenvalue weighted by atomic mass is 35.5. The number of piperazine rings is 1. The second-order valence-corrected chi connectivity index (χ2v) is 6.62. The van der Waals surface area contributed by atoms with Crippen LogP contribution in [0.5, 0.6) is 0 Å². The van der Waals surface area contributed by atoms with Crippen LogP contribution < -0.4 is 10.2 Å². The van der Waals surface area contributed by atoms with Crippen molar-refractivity contribution in [2.24, 2.45) is 0 Å². The van der Waals surface area contributed by atoms with Gasteiger partial charge in [0, 0.05) is 42.4 Å². The molecule has 2 rings (SSSR count). The summed E-state index contributed by atoms with van der Waals surface area (Å²) in [6.45, 7) is 11.7. The average molecular weight is 296 g/mol. The molecule has 0 aromatic heterocycles. The molecule has 1 aromatic carbocycles. The summed E-state index contributed by atoms with van der Waals surface area (Å²) in [5.74, 6) is 0. The number of benzene rings is 1. The van der Waals surface area contributed by atoms with Crippen LogP contribution in [-0.4, -0.2) is 43.7 Å². The van der Waals surface area contributed by atoms with Crippen LogP contribution in [0.25, 0.3) is 0 Å². The van der Waals surface area contributed by atoms with Crippen molar-refractivity contribution in [2.45, 2.75) is 32.9 Å². The van der Waals surface area contributed by atoms with Crippen LogP contribution in [0.4, 0.5) is 5.69 Å². The number of likely N-dealkylation sites (N-methyl/N-ethyl adjacent to an activating group) is 1. The molecule has 3 nitrogen and oxygen atoms in total. The first-order valence-electron chi connectivity index (χ1n) is 7.39. The number of hydrogen-bond donors (Lipinski definition) is 1. The minimum absolute atomic E-state index is 0.202. The van der Waals surface area contributed by atoms with E-state index in [1.807, 2.05) is 0 Å². The smallest absolute Gasteiger partial charge is 0.0471 e. The lowest BCUT2D eigenvalue weighted by atomic mass is 9.99. The van der Waals surface area contributed by atoms with E-state index in [1.165, 1.54) is 11.3 Å². The highest BCUT2D eigenvalue weighted by molar-refractivity contribution is 6.31. The first-order valence-corrected chi connectivity index (χ1v) is 7.77. The van der Waals surface area contributed by atoms with E-state index in [4.69, 9.17) is 11.6 Å². The summed E-state index contributed by atoms with van der Waals surface area (Å²) >= 11 is 6.41. The van der Waals surface area contributed by atoms with E-state index in [-0.39, 0.29) is 5.54 Å². The molecular weight excluding hydrogens is 270 g/mol. The SMILES string of the molecule is CCNCc1ccc(N2CCN(C)C(C)(C)C2)cc1Cl. The lowest BCUT2D eigenvalue weighted by molar-refractivity contribution is 0.139. The van der Waals surface area contributed by atoms with Crippen molar-refractivity contribution in [3.63, 3.8) is 0 Å². The molecule has 20 heavy (non-hydrogen) atoms. The summed E-state index contributed by atoms with van der Waals surface area (Å²) in [6.07, 6.45) is 0. The number of nitrogens with one attached hydrogen (secondary N) is 1. The van der Waals surface area contributed by atoms with Crippen LogP contribution >= 0.6 is 11.6 Å². The van der Waals surface area contributed by atoms with Gasteiger partial charge in [-0.05, 0) is 45.1 Å². The lowest BCUT2D eigenvalue weighted by Gasteiger charge is -2.46. The van der Waals surface area contributed by atoms with Crippen molar-refractivity contribution < 1.29 is 0 Å². The fraction of sp³-hybridized carbons (Fsp3) is 0.625. The summed E-state index contributed by atoms with van der Waals surface area (Å²) in [4.78, 5) is 4.85. The van der Waals surface area contributed by atoms with Crippen LogP contribution in [0, 0.1) is 0 Å². The first kappa shape index (κ1) is 15.6. The van der Waals surface area contributed by atoms with Gasteiger partial charge in [0.05, 0.1) is 0 Å². The molecule has 1 aliphatic rings. The maximum atomic E-state index is 6.41. The molecule has 0 saturated carbocycles. The maximum absolute atomic E-state index is 6.41. The molecule has 0 amide bonds. The molecule has 1 aromatic rings. The van der Waals surface area contributed by atoms with E-state index in [0.717, 1.165) is 37.7 Å². The topological polar surface area (TPSA) is 18.5 Å². The van der Waals surface area contributed by atoms with Crippen molar-refractivity contribution in [3.8, 4) is 0 Å². The third-order valence-electron chi connectivity index (χ3n) is 4.28. The monoisotopic (exact) mass is 295 g/mol. The molecule has 0 spiro atoms. The standard InChI is InChI=1S/C16H26ClN3/c1-5-18-11-13-6-7-14(10-15(13)17)20-9-8-19(4)16(2,3)12-20/h6-7,10,18H,5,8-9,11-12H2,1-4H3. The van der Waals surface area contributed by atoms with Crippen LogP contribution in [-0.2, 0) is 6.54 Å². The lowest BCUT2D eigenvalue weighted by Crippen LogP contribution is -2.57. The van der Waals surface area contributed by atoms with Crippen LogP contribution in [0.1, 0.15) is 26.3 Å². The Balaban J connectivity index is 2.12. The zero-order chi connectivity index (χ0) is 14.8. The van der Waals surface area contributed by atoms with E-state index < -0.39 is 0 Å². The normalized spacial score (nSPS) is 19.4. The molecule has 0 atom stereocenters. The van der Waals surface area contributed by atoms with Gasteiger partial charge < -0.3 is 10.2 Å². The van der Waals surface area contributed by atoms with Gasteiger partial charge in [-0.3, -0.25) is 4.90 Å². The Bertz CT molecular complexity index is 459. The molecule has 1 saturated heterocycles.